The van der Waals surface area contributed by atoms with E-state index in [2.05, 4.69) is 15.6 Å². The summed E-state index contributed by atoms with van der Waals surface area (Å²) in [6.45, 7) is 0.648. The number of aliphatic imine (C=N–C) groups is 1. The van der Waals surface area contributed by atoms with E-state index < -0.39 is 0 Å². The smallest absolute Gasteiger partial charge is 0.252 e. The second kappa shape index (κ2) is 9.15. The predicted octanol–water partition coefficient (Wildman–Crippen LogP) is 3.16. The summed E-state index contributed by atoms with van der Waals surface area (Å²) in [5.41, 5.74) is 6.92. The number of guanidine groups is 1. The van der Waals surface area contributed by atoms with Crippen LogP contribution in [0.5, 0.6) is 5.75 Å². The van der Waals surface area contributed by atoms with Gasteiger partial charge in [0.05, 0.1) is 29.3 Å². The van der Waals surface area contributed by atoms with Crippen LogP contribution in [0.4, 0.5) is 5.69 Å². The molecule has 0 aliphatic carbocycles. The van der Waals surface area contributed by atoms with E-state index >= 15 is 0 Å². The van der Waals surface area contributed by atoms with Gasteiger partial charge >= 0.3 is 0 Å². The van der Waals surface area contributed by atoms with Gasteiger partial charge in [0.1, 0.15) is 5.75 Å². The topological polar surface area (TPSA) is 88.7 Å². The molecule has 2 aromatic rings. The van der Waals surface area contributed by atoms with E-state index in [1.165, 1.54) is 0 Å². The average molecular weight is 381 g/mol. The highest BCUT2D eigenvalue weighted by Crippen LogP contribution is 2.26. The minimum absolute atomic E-state index is 0.216. The number of rotatable bonds is 6. The lowest BCUT2D eigenvalue weighted by atomic mass is 10.2. The molecule has 2 rings (SSSR count). The van der Waals surface area contributed by atoms with Crippen LogP contribution in [0.15, 0.2) is 47.5 Å². The van der Waals surface area contributed by atoms with Crippen LogP contribution in [0.1, 0.15) is 10.4 Å². The molecule has 0 aliphatic rings. The maximum atomic E-state index is 12.0. The van der Waals surface area contributed by atoms with Crippen LogP contribution < -0.4 is 21.1 Å². The van der Waals surface area contributed by atoms with Gasteiger partial charge in [-0.1, -0.05) is 35.3 Å². The maximum Gasteiger partial charge on any atom is 0.252 e. The van der Waals surface area contributed by atoms with Crippen LogP contribution >= 0.6 is 23.2 Å². The first-order valence-electron chi connectivity index (χ1n) is 7.44. The van der Waals surface area contributed by atoms with Crippen molar-refractivity contribution in [3.8, 4) is 5.75 Å². The molecule has 0 spiro atoms. The summed E-state index contributed by atoms with van der Waals surface area (Å²) >= 11 is 12.0. The van der Waals surface area contributed by atoms with Gasteiger partial charge in [-0.2, -0.15) is 0 Å². The number of carbonyl (C=O) groups excluding carboxylic acids is 1. The standard InChI is InChI=1S/C17H18Cl2N4O2/c1-25-15-7-6-11(10-14(15)19)23-17(20)22-9-8-21-16(24)12-4-2-3-5-13(12)18/h2-7,10H,8-9H2,1H3,(H,21,24)(H3,20,22,23). The van der Waals surface area contributed by atoms with Crippen molar-refractivity contribution in [2.45, 2.75) is 0 Å². The number of ether oxygens (including phenoxy) is 1. The molecule has 0 fully saturated rings. The van der Waals surface area contributed by atoms with Crippen LogP contribution in [-0.2, 0) is 0 Å². The summed E-state index contributed by atoms with van der Waals surface area (Å²) < 4.78 is 5.08. The highest BCUT2D eigenvalue weighted by Gasteiger charge is 2.08. The Morgan fingerprint density at radius 2 is 1.96 bits per heavy atom. The molecule has 6 nitrogen and oxygen atoms in total. The lowest BCUT2D eigenvalue weighted by molar-refractivity contribution is 0.0955. The fraction of sp³-hybridized carbons (Fsp3) is 0.176. The zero-order valence-corrected chi connectivity index (χ0v) is 15.1. The Labute approximate surface area is 156 Å². The summed E-state index contributed by atoms with van der Waals surface area (Å²) in [6.07, 6.45) is 0. The molecule has 132 valence electrons. The number of nitrogens with zero attached hydrogens (tertiary/aromatic N) is 1. The number of nitrogens with two attached hydrogens (primary N) is 1. The van der Waals surface area contributed by atoms with E-state index in [0.29, 0.717) is 40.1 Å². The molecular weight excluding hydrogens is 363 g/mol. The number of benzene rings is 2. The van der Waals surface area contributed by atoms with Gasteiger partial charge in [-0.3, -0.25) is 9.79 Å². The first kappa shape index (κ1) is 18.9. The van der Waals surface area contributed by atoms with Gasteiger partial charge in [0, 0.05) is 12.2 Å². The number of nitrogens with one attached hydrogen (secondary N) is 2. The van der Waals surface area contributed by atoms with Crippen LogP contribution in [-0.4, -0.2) is 32.1 Å². The van der Waals surface area contributed by atoms with Gasteiger partial charge < -0.3 is 21.1 Å². The summed E-state index contributed by atoms with van der Waals surface area (Å²) in [4.78, 5) is 16.1. The zero-order chi connectivity index (χ0) is 18.2. The molecule has 0 saturated heterocycles. The van der Waals surface area contributed by atoms with Crippen molar-refractivity contribution < 1.29 is 9.53 Å². The van der Waals surface area contributed by atoms with Crippen molar-refractivity contribution in [3.63, 3.8) is 0 Å². The van der Waals surface area contributed by atoms with Crippen LogP contribution in [0, 0.1) is 0 Å². The molecule has 0 heterocycles. The fourth-order valence-corrected chi connectivity index (χ4v) is 2.50. The summed E-state index contributed by atoms with van der Waals surface area (Å²) in [5.74, 6) is 0.535. The summed E-state index contributed by atoms with van der Waals surface area (Å²) in [5, 5.41) is 6.52. The van der Waals surface area contributed by atoms with Gasteiger partial charge in [0.15, 0.2) is 5.96 Å². The Balaban J connectivity index is 1.82. The molecule has 25 heavy (non-hydrogen) atoms. The van der Waals surface area contributed by atoms with Crippen molar-refractivity contribution in [3.05, 3.63) is 58.1 Å². The minimum atomic E-state index is -0.255. The van der Waals surface area contributed by atoms with E-state index in [9.17, 15) is 4.79 Å². The zero-order valence-electron chi connectivity index (χ0n) is 13.6. The lowest BCUT2D eigenvalue weighted by Gasteiger charge is -2.09. The molecule has 8 heteroatoms. The third-order valence-electron chi connectivity index (χ3n) is 3.22. The number of amides is 1. The van der Waals surface area contributed by atoms with Crippen LogP contribution in [0.25, 0.3) is 0 Å². The molecule has 0 unspecified atom stereocenters. The van der Waals surface area contributed by atoms with Gasteiger partial charge in [-0.15, -0.1) is 0 Å². The van der Waals surface area contributed by atoms with E-state index in [0.717, 1.165) is 0 Å². The molecule has 0 bridgehead atoms. The molecule has 2 aromatic carbocycles. The quantitative estimate of drug-likeness (QED) is 0.408. The third kappa shape index (κ3) is 5.55. The highest BCUT2D eigenvalue weighted by atomic mass is 35.5. The Bertz CT molecular complexity index is 781. The minimum Gasteiger partial charge on any atom is -0.495 e. The van der Waals surface area contributed by atoms with Crippen LogP contribution in [0.2, 0.25) is 10.0 Å². The molecule has 0 atom stereocenters. The second-order valence-corrected chi connectivity index (χ2v) is 5.79. The normalized spacial score (nSPS) is 11.1. The van der Waals surface area contributed by atoms with Crippen molar-refractivity contribution >= 4 is 40.8 Å². The highest BCUT2D eigenvalue weighted by molar-refractivity contribution is 6.33. The maximum absolute atomic E-state index is 12.0. The van der Waals surface area contributed by atoms with Gasteiger partial charge in [-0.05, 0) is 30.3 Å². The van der Waals surface area contributed by atoms with Gasteiger partial charge in [-0.25, -0.2) is 0 Å². The first-order chi connectivity index (χ1) is 12.0. The summed E-state index contributed by atoms with van der Waals surface area (Å²) in [6, 6.07) is 12.0. The Kier molecular flexibility index (Phi) is 6.91. The number of methoxy groups -OCH3 is 1. The number of carbonyl (C=O) groups is 1. The van der Waals surface area contributed by atoms with Gasteiger partial charge in [0.2, 0.25) is 0 Å². The largest absolute Gasteiger partial charge is 0.495 e. The van der Waals surface area contributed by atoms with E-state index in [1.54, 1.807) is 49.6 Å². The SMILES string of the molecule is COc1ccc(NC(N)=NCCNC(=O)c2ccccc2Cl)cc1Cl. The molecular formula is C17H18Cl2N4O2. The molecule has 0 saturated carbocycles. The molecule has 1 amide bonds. The van der Waals surface area contributed by atoms with Crippen molar-refractivity contribution in [2.75, 3.05) is 25.5 Å². The Morgan fingerprint density at radius 3 is 2.64 bits per heavy atom. The van der Waals surface area contributed by atoms with E-state index in [-0.39, 0.29) is 11.9 Å². The average Bonchev–Trinajstić information content (AvgIpc) is 2.59. The van der Waals surface area contributed by atoms with E-state index in [1.807, 2.05) is 0 Å². The molecule has 0 aliphatic heterocycles. The number of hydrogen-bond donors (Lipinski definition) is 3. The molecule has 0 aromatic heterocycles. The van der Waals surface area contributed by atoms with Crippen molar-refractivity contribution in [2.24, 2.45) is 10.7 Å². The number of anilines is 1. The summed E-state index contributed by atoms with van der Waals surface area (Å²) in [7, 11) is 1.54. The van der Waals surface area contributed by atoms with Crippen molar-refractivity contribution in [1.82, 2.24) is 5.32 Å². The number of halogens is 2. The Morgan fingerprint density at radius 1 is 1.20 bits per heavy atom. The second-order valence-electron chi connectivity index (χ2n) is 4.98. The van der Waals surface area contributed by atoms with Crippen molar-refractivity contribution in [1.29, 1.82) is 0 Å². The number of hydrogen-bond acceptors (Lipinski definition) is 3. The molecule has 0 radical (unpaired) electrons. The first-order valence-corrected chi connectivity index (χ1v) is 8.20. The Hall–Kier alpha value is -2.44. The monoisotopic (exact) mass is 380 g/mol. The fourth-order valence-electron chi connectivity index (χ4n) is 2.02. The van der Waals surface area contributed by atoms with Gasteiger partial charge in [0.25, 0.3) is 5.91 Å². The lowest BCUT2D eigenvalue weighted by Crippen LogP contribution is -2.28. The third-order valence-corrected chi connectivity index (χ3v) is 3.85. The molecule has 4 N–H and O–H groups in total. The van der Waals surface area contributed by atoms with E-state index in [4.69, 9.17) is 33.7 Å². The predicted molar refractivity (Wildman–Crippen MR) is 102 cm³/mol. The van der Waals surface area contributed by atoms with Crippen LogP contribution in [0.3, 0.4) is 0 Å².